The van der Waals surface area contributed by atoms with E-state index in [1.54, 1.807) is 19.1 Å². The van der Waals surface area contributed by atoms with Crippen LogP contribution in [0, 0.1) is 12.8 Å². The van der Waals surface area contributed by atoms with Gasteiger partial charge >= 0.3 is 0 Å². The summed E-state index contributed by atoms with van der Waals surface area (Å²) in [4.78, 5) is 28.9. The average Bonchev–Trinajstić information content (AvgIpc) is 2.59. The first-order chi connectivity index (χ1) is 11.5. The highest BCUT2D eigenvalue weighted by Gasteiger charge is 2.40. The Balaban J connectivity index is 2.31. The first-order valence-corrected chi connectivity index (χ1v) is 8.59. The van der Waals surface area contributed by atoms with Crippen molar-refractivity contribution >= 4 is 11.8 Å². The van der Waals surface area contributed by atoms with Gasteiger partial charge in [-0.1, -0.05) is 29.8 Å². The van der Waals surface area contributed by atoms with Crippen LogP contribution in [0.15, 0.2) is 24.3 Å². The summed E-state index contributed by atoms with van der Waals surface area (Å²) >= 11 is 0. The van der Waals surface area contributed by atoms with Crippen molar-refractivity contribution in [3.8, 4) is 0 Å². The second-order valence-electron chi connectivity index (χ2n) is 6.43. The van der Waals surface area contributed by atoms with Crippen LogP contribution in [0.2, 0.25) is 0 Å². The number of likely N-dealkylation sites (tertiary alicyclic amines) is 1. The van der Waals surface area contributed by atoms with Crippen LogP contribution in [0.25, 0.3) is 0 Å². The van der Waals surface area contributed by atoms with Crippen molar-refractivity contribution in [2.45, 2.75) is 32.7 Å². The molecule has 1 aromatic carbocycles. The lowest BCUT2D eigenvalue weighted by atomic mass is 9.83. The highest BCUT2D eigenvalue weighted by atomic mass is 16.5. The molecule has 5 nitrogen and oxygen atoms in total. The van der Waals surface area contributed by atoms with Gasteiger partial charge in [0.25, 0.3) is 0 Å². The number of rotatable bonds is 6. The van der Waals surface area contributed by atoms with E-state index in [9.17, 15) is 9.59 Å². The predicted molar refractivity (Wildman–Crippen MR) is 93.5 cm³/mol. The molecule has 1 heterocycles. The van der Waals surface area contributed by atoms with Crippen LogP contribution < -0.4 is 0 Å². The minimum absolute atomic E-state index is 0.0866. The molecule has 0 radical (unpaired) electrons. The van der Waals surface area contributed by atoms with Gasteiger partial charge in [-0.3, -0.25) is 9.59 Å². The molecular formula is C19H28N2O3. The van der Waals surface area contributed by atoms with Crippen LogP contribution in [0.4, 0.5) is 0 Å². The topological polar surface area (TPSA) is 49.9 Å². The third-order valence-electron chi connectivity index (χ3n) is 4.79. The predicted octanol–water partition coefficient (Wildman–Crippen LogP) is 2.40. The van der Waals surface area contributed by atoms with E-state index in [1.807, 2.05) is 43.0 Å². The first-order valence-electron chi connectivity index (χ1n) is 8.59. The average molecular weight is 332 g/mol. The molecule has 0 saturated carbocycles. The van der Waals surface area contributed by atoms with E-state index in [0.29, 0.717) is 32.5 Å². The molecule has 0 unspecified atom stereocenters. The van der Waals surface area contributed by atoms with E-state index in [2.05, 4.69) is 0 Å². The molecule has 1 fully saturated rings. The number of hydrogen-bond donors (Lipinski definition) is 0. The van der Waals surface area contributed by atoms with Crippen molar-refractivity contribution in [2.24, 2.45) is 5.92 Å². The molecule has 24 heavy (non-hydrogen) atoms. The molecule has 2 rings (SSSR count). The van der Waals surface area contributed by atoms with E-state index < -0.39 is 0 Å². The molecule has 1 aromatic rings. The number of piperidine rings is 1. The second-order valence-corrected chi connectivity index (χ2v) is 6.43. The Morgan fingerprint density at radius 3 is 2.58 bits per heavy atom. The number of likely N-dealkylation sites (N-methyl/N-ethyl adjacent to an activating group) is 1. The number of aryl methyl sites for hydroxylation is 1. The summed E-state index contributed by atoms with van der Waals surface area (Å²) in [5.74, 6) is 0.0162. The lowest BCUT2D eigenvalue weighted by Gasteiger charge is -2.41. The largest absolute Gasteiger partial charge is 0.383 e. The summed E-state index contributed by atoms with van der Waals surface area (Å²) in [7, 11) is 3.44. The lowest BCUT2D eigenvalue weighted by molar-refractivity contribution is -0.147. The van der Waals surface area contributed by atoms with Gasteiger partial charge in [0.1, 0.15) is 0 Å². The van der Waals surface area contributed by atoms with Crippen molar-refractivity contribution < 1.29 is 14.3 Å². The van der Waals surface area contributed by atoms with Crippen LogP contribution in [0.1, 0.15) is 36.9 Å². The Morgan fingerprint density at radius 2 is 2.00 bits per heavy atom. The molecular weight excluding hydrogens is 304 g/mol. The summed E-state index contributed by atoms with van der Waals surface area (Å²) in [5.41, 5.74) is 2.21. The van der Waals surface area contributed by atoms with Gasteiger partial charge < -0.3 is 14.5 Å². The van der Waals surface area contributed by atoms with Gasteiger partial charge in [0.05, 0.1) is 18.6 Å². The number of benzene rings is 1. The van der Waals surface area contributed by atoms with Gasteiger partial charge in [-0.2, -0.15) is 0 Å². The minimum atomic E-state index is -0.202. The fourth-order valence-electron chi connectivity index (χ4n) is 3.38. The smallest absolute Gasteiger partial charge is 0.227 e. The van der Waals surface area contributed by atoms with Crippen molar-refractivity contribution in [1.82, 2.24) is 9.80 Å². The Hall–Kier alpha value is -1.88. The maximum absolute atomic E-state index is 13.0. The molecule has 0 spiro atoms. The number of nitrogens with zero attached hydrogens (tertiary/aromatic N) is 2. The van der Waals surface area contributed by atoms with E-state index in [1.165, 1.54) is 5.56 Å². The van der Waals surface area contributed by atoms with Crippen molar-refractivity contribution in [1.29, 1.82) is 0 Å². The van der Waals surface area contributed by atoms with Crippen LogP contribution in [-0.4, -0.2) is 55.5 Å². The summed E-state index contributed by atoms with van der Waals surface area (Å²) in [6.07, 6.45) is 1.04. The van der Waals surface area contributed by atoms with Gasteiger partial charge in [-0.15, -0.1) is 0 Å². The number of methoxy groups -OCH3 is 1. The lowest BCUT2D eigenvalue weighted by Crippen LogP contribution is -2.48. The van der Waals surface area contributed by atoms with E-state index in [-0.39, 0.29) is 23.8 Å². The molecule has 132 valence electrons. The fraction of sp³-hybridized carbons (Fsp3) is 0.579. The van der Waals surface area contributed by atoms with E-state index in [0.717, 1.165) is 5.56 Å². The van der Waals surface area contributed by atoms with Gasteiger partial charge in [0.15, 0.2) is 0 Å². The summed E-state index contributed by atoms with van der Waals surface area (Å²) in [6, 6.07) is 7.97. The van der Waals surface area contributed by atoms with Gasteiger partial charge in [0, 0.05) is 33.7 Å². The third kappa shape index (κ3) is 3.96. The molecule has 1 aliphatic rings. The number of carbonyl (C=O) groups excluding carboxylic acids is 2. The number of ether oxygens (including phenoxy) is 1. The van der Waals surface area contributed by atoms with Crippen LogP contribution >= 0.6 is 0 Å². The van der Waals surface area contributed by atoms with Crippen molar-refractivity contribution in [3.05, 3.63) is 35.4 Å². The van der Waals surface area contributed by atoms with Crippen molar-refractivity contribution in [2.75, 3.05) is 33.9 Å². The molecule has 1 aliphatic heterocycles. The molecule has 0 aliphatic carbocycles. The third-order valence-corrected chi connectivity index (χ3v) is 4.79. The summed E-state index contributed by atoms with van der Waals surface area (Å²) in [6.45, 7) is 5.70. The molecule has 2 amide bonds. The highest BCUT2D eigenvalue weighted by molar-refractivity contribution is 5.85. The standard InChI is InChI=1S/C19H28N2O3/c1-5-21-17(22)11-10-16(19(23)20(3)12-13-24-4)18(21)15-8-6-14(2)7-9-15/h6-9,16,18H,5,10-13H2,1-4H3/t16-,18+/m1/s1. The summed E-state index contributed by atoms with van der Waals surface area (Å²) < 4.78 is 5.08. The van der Waals surface area contributed by atoms with Crippen molar-refractivity contribution in [3.63, 3.8) is 0 Å². The molecule has 0 bridgehead atoms. The molecule has 5 heteroatoms. The quantitative estimate of drug-likeness (QED) is 0.804. The Morgan fingerprint density at radius 1 is 1.33 bits per heavy atom. The fourth-order valence-corrected chi connectivity index (χ4v) is 3.38. The Labute approximate surface area is 144 Å². The van der Waals surface area contributed by atoms with Gasteiger partial charge in [-0.05, 0) is 25.8 Å². The molecule has 0 N–H and O–H groups in total. The number of hydrogen-bond acceptors (Lipinski definition) is 3. The number of carbonyl (C=O) groups is 2. The highest BCUT2D eigenvalue weighted by Crippen LogP contribution is 2.37. The Kier molecular flexibility index (Phi) is 6.37. The zero-order chi connectivity index (χ0) is 17.7. The van der Waals surface area contributed by atoms with Crippen LogP contribution in [0.3, 0.4) is 0 Å². The molecule has 0 aromatic heterocycles. The van der Waals surface area contributed by atoms with E-state index in [4.69, 9.17) is 4.74 Å². The van der Waals surface area contributed by atoms with Gasteiger partial charge in [0.2, 0.25) is 11.8 Å². The zero-order valence-corrected chi connectivity index (χ0v) is 15.1. The zero-order valence-electron chi connectivity index (χ0n) is 15.1. The normalized spacial score (nSPS) is 21.0. The Bertz CT molecular complexity index is 570. The maximum atomic E-state index is 13.0. The second kappa shape index (κ2) is 8.29. The molecule has 1 saturated heterocycles. The minimum Gasteiger partial charge on any atom is -0.383 e. The summed E-state index contributed by atoms with van der Waals surface area (Å²) in [5, 5.41) is 0. The van der Waals surface area contributed by atoms with E-state index >= 15 is 0 Å². The number of amides is 2. The SMILES string of the molecule is CCN1C(=O)CC[C@@H](C(=O)N(C)CCOC)[C@@H]1c1ccc(C)cc1. The van der Waals surface area contributed by atoms with Gasteiger partial charge in [-0.25, -0.2) is 0 Å². The maximum Gasteiger partial charge on any atom is 0.227 e. The monoisotopic (exact) mass is 332 g/mol. The first kappa shape index (κ1) is 18.5. The molecule has 2 atom stereocenters. The van der Waals surface area contributed by atoms with Crippen LogP contribution in [-0.2, 0) is 14.3 Å². The van der Waals surface area contributed by atoms with Crippen LogP contribution in [0.5, 0.6) is 0 Å².